The van der Waals surface area contributed by atoms with E-state index in [9.17, 15) is 4.79 Å². The van der Waals surface area contributed by atoms with E-state index in [0.717, 1.165) is 28.9 Å². The Balaban J connectivity index is 0.000000216. The van der Waals surface area contributed by atoms with Crippen molar-refractivity contribution in [3.8, 4) is 17.6 Å². The molecule has 3 aromatic rings. The van der Waals surface area contributed by atoms with Crippen molar-refractivity contribution in [2.75, 3.05) is 7.11 Å². The number of hydrogen-bond donors (Lipinski definition) is 0. The van der Waals surface area contributed by atoms with E-state index < -0.39 is 0 Å². The van der Waals surface area contributed by atoms with E-state index in [0.29, 0.717) is 0 Å². The van der Waals surface area contributed by atoms with Crippen molar-refractivity contribution in [3.05, 3.63) is 101 Å². The third-order valence-corrected chi connectivity index (χ3v) is 4.89. The molecule has 0 aliphatic rings. The molecular formula is C28H30O2. The van der Waals surface area contributed by atoms with Gasteiger partial charge in [-0.15, -0.1) is 0 Å². The molecule has 0 aromatic heterocycles. The van der Waals surface area contributed by atoms with Gasteiger partial charge in [0.2, 0.25) is 0 Å². The lowest BCUT2D eigenvalue weighted by molar-refractivity contribution is 0.0927. The van der Waals surface area contributed by atoms with Gasteiger partial charge < -0.3 is 4.74 Å². The number of aryl methyl sites for hydroxylation is 2. The van der Waals surface area contributed by atoms with E-state index in [4.69, 9.17) is 4.74 Å². The molecule has 3 rings (SSSR count). The summed E-state index contributed by atoms with van der Waals surface area (Å²) in [6.45, 7) is 8.13. The first-order valence-electron chi connectivity index (χ1n) is 10.3. The van der Waals surface area contributed by atoms with E-state index in [-0.39, 0.29) is 11.7 Å². The second kappa shape index (κ2) is 11.6. The van der Waals surface area contributed by atoms with Crippen molar-refractivity contribution in [1.29, 1.82) is 0 Å². The third-order valence-electron chi connectivity index (χ3n) is 4.89. The van der Waals surface area contributed by atoms with Gasteiger partial charge in [0.05, 0.1) is 7.11 Å². The number of carbonyl (C=O) groups excluding carboxylic acids is 1. The zero-order chi connectivity index (χ0) is 21.9. The smallest absolute Gasteiger partial charge is 0.165 e. The van der Waals surface area contributed by atoms with Gasteiger partial charge in [0.1, 0.15) is 5.75 Å². The predicted octanol–water partition coefficient (Wildman–Crippen LogP) is 6.63. The van der Waals surface area contributed by atoms with E-state index in [2.05, 4.69) is 74.2 Å². The molecule has 0 spiro atoms. The first-order valence-corrected chi connectivity index (χ1v) is 10.3. The van der Waals surface area contributed by atoms with Crippen LogP contribution in [0.2, 0.25) is 0 Å². The summed E-state index contributed by atoms with van der Waals surface area (Å²) in [6, 6.07) is 23.8. The molecule has 0 bridgehead atoms. The average molecular weight is 399 g/mol. The van der Waals surface area contributed by atoms with E-state index in [1.807, 2.05) is 38.1 Å². The van der Waals surface area contributed by atoms with Crippen molar-refractivity contribution in [1.82, 2.24) is 0 Å². The molecule has 154 valence electrons. The zero-order valence-electron chi connectivity index (χ0n) is 18.5. The molecule has 0 saturated carbocycles. The second-order valence-corrected chi connectivity index (χ2v) is 7.38. The van der Waals surface area contributed by atoms with E-state index in [1.165, 1.54) is 11.1 Å². The van der Waals surface area contributed by atoms with Crippen molar-refractivity contribution in [3.63, 3.8) is 0 Å². The fraction of sp³-hybridized carbons (Fsp3) is 0.250. The van der Waals surface area contributed by atoms with Crippen LogP contribution in [0.3, 0.4) is 0 Å². The third kappa shape index (κ3) is 7.26. The molecular weight excluding hydrogens is 368 g/mol. The van der Waals surface area contributed by atoms with Gasteiger partial charge in [0.15, 0.2) is 5.78 Å². The van der Waals surface area contributed by atoms with Crippen LogP contribution < -0.4 is 4.74 Å². The summed E-state index contributed by atoms with van der Waals surface area (Å²) in [6.07, 6.45) is 0.880. The average Bonchev–Trinajstić information content (AvgIpc) is 2.79. The maximum absolute atomic E-state index is 11.7. The molecule has 0 N–H and O–H groups in total. The highest BCUT2D eigenvalue weighted by Crippen LogP contribution is 2.16. The van der Waals surface area contributed by atoms with Crippen LogP contribution in [0.1, 0.15) is 52.9 Å². The Labute approximate surface area is 180 Å². The van der Waals surface area contributed by atoms with Crippen LogP contribution in [0.25, 0.3) is 0 Å². The quantitative estimate of drug-likeness (QED) is 0.364. The van der Waals surface area contributed by atoms with Crippen molar-refractivity contribution in [2.45, 2.75) is 34.1 Å². The highest BCUT2D eigenvalue weighted by Gasteiger charge is 2.12. The molecule has 2 nitrogen and oxygen atoms in total. The normalized spacial score (nSPS) is 10.7. The van der Waals surface area contributed by atoms with E-state index >= 15 is 0 Å². The maximum atomic E-state index is 11.7. The second-order valence-electron chi connectivity index (χ2n) is 7.38. The molecule has 0 amide bonds. The highest BCUT2D eigenvalue weighted by molar-refractivity contribution is 5.97. The van der Waals surface area contributed by atoms with Gasteiger partial charge in [-0.3, -0.25) is 4.79 Å². The Morgan fingerprint density at radius 3 is 1.60 bits per heavy atom. The Morgan fingerprint density at radius 1 is 0.800 bits per heavy atom. The fourth-order valence-electron chi connectivity index (χ4n) is 2.64. The van der Waals surface area contributed by atoms with Crippen LogP contribution in [0.5, 0.6) is 5.75 Å². The lowest BCUT2D eigenvalue weighted by atomic mass is 9.97. The summed E-state index contributed by atoms with van der Waals surface area (Å²) in [5.74, 6) is 7.40. The molecule has 0 saturated heterocycles. The summed E-state index contributed by atoms with van der Waals surface area (Å²) in [5, 5.41) is 0. The molecule has 0 fully saturated rings. The summed E-state index contributed by atoms with van der Waals surface area (Å²) < 4.78 is 5.02. The molecule has 0 heterocycles. The van der Waals surface area contributed by atoms with Gasteiger partial charge in [-0.05, 0) is 68.8 Å². The molecule has 1 unspecified atom stereocenters. The molecule has 1 atom stereocenters. The van der Waals surface area contributed by atoms with Crippen molar-refractivity contribution >= 4 is 5.78 Å². The lowest BCUT2D eigenvalue weighted by Gasteiger charge is -2.07. The summed E-state index contributed by atoms with van der Waals surface area (Å²) >= 11 is 0. The standard InChI is InChI=1S/C16H14.C12H16O2/c1-13-3-7-15(8-4-13)11-12-16-9-5-14(2)6-10-16;1-4-9(2)12(13)10-5-7-11(14-3)8-6-10/h3-10H,1-2H3;5-9H,4H2,1-3H3. The van der Waals surface area contributed by atoms with Crippen LogP contribution in [-0.2, 0) is 0 Å². The summed E-state index contributed by atoms with van der Waals surface area (Å²) in [5.41, 5.74) is 5.42. The SMILES string of the molecule is CCC(C)C(=O)c1ccc(OC)cc1.Cc1ccc(C#Cc2ccc(C)cc2)cc1. The van der Waals surface area contributed by atoms with Gasteiger partial charge >= 0.3 is 0 Å². The van der Waals surface area contributed by atoms with Gasteiger partial charge in [-0.25, -0.2) is 0 Å². The van der Waals surface area contributed by atoms with Gasteiger partial charge in [-0.2, -0.15) is 0 Å². The highest BCUT2D eigenvalue weighted by atomic mass is 16.5. The van der Waals surface area contributed by atoms with Gasteiger partial charge in [0, 0.05) is 22.6 Å². The monoisotopic (exact) mass is 398 g/mol. The minimum Gasteiger partial charge on any atom is -0.497 e. The Bertz CT molecular complexity index is 936. The number of benzene rings is 3. The number of ketones is 1. The van der Waals surface area contributed by atoms with Crippen molar-refractivity contribution < 1.29 is 9.53 Å². The first-order chi connectivity index (χ1) is 14.4. The maximum Gasteiger partial charge on any atom is 0.165 e. The topological polar surface area (TPSA) is 26.3 Å². The number of ether oxygens (including phenoxy) is 1. The summed E-state index contributed by atoms with van der Waals surface area (Å²) in [4.78, 5) is 11.7. The fourth-order valence-corrected chi connectivity index (χ4v) is 2.64. The van der Waals surface area contributed by atoms with Crippen molar-refractivity contribution in [2.24, 2.45) is 5.92 Å². The lowest BCUT2D eigenvalue weighted by Crippen LogP contribution is -2.09. The number of methoxy groups -OCH3 is 1. The van der Waals surface area contributed by atoms with E-state index in [1.54, 1.807) is 7.11 Å². The number of hydrogen-bond acceptors (Lipinski definition) is 2. The van der Waals surface area contributed by atoms with Crippen LogP contribution in [0, 0.1) is 31.6 Å². The molecule has 0 radical (unpaired) electrons. The summed E-state index contributed by atoms with van der Waals surface area (Å²) in [7, 11) is 1.62. The minimum atomic E-state index is 0.100. The first kappa shape index (κ1) is 23.0. The molecule has 2 heteroatoms. The molecule has 0 aliphatic carbocycles. The van der Waals surface area contributed by atoms with Crippen LogP contribution in [0.15, 0.2) is 72.8 Å². The number of carbonyl (C=O) groups is 1. The molecule has 3 aromatic carbocycles. The predicted molar refractivity (Wildman–Crippen MR) is 125 cm³/mol. The van der Waals surface area contributed by atoms with Crippen LogP contribution >= 0.6 is 0 Å². The van der Waals surface area contributed by atoms with Crippen LogP contribution in [0.4, 0.5) is 0 Å². The van der Waals surface area contributed by atoms with Gasteiger partial charge in [0.25, 0.3) is 0 Å². The Hall–Kier alpha value is -3.31. The zero-order valence-corrected chi connectivity index (χ0v) is 18.5. The van der Waals surface area contributed by atoms with Gasteiger partial charge in [-0.1, -0.05) is 61.1 Å². The molecule has 0 aliphatic heterocycles. The minimum absolute atomic E-state index is 0.100. The molecule has 30 heavy (non-hydrogen) atoms. The largest absolute Gasteiger partial charge is 0.497 e. The number of rotatable bonds is 4. The van der Waals surface area contributed by atoms with Crippen LogP contribution in [-0.4, -0.2) is 12.9 Å². The number of Topliss-reactive ketones (excluding diaryl/α,β-unsaturated/α-hetero) is 1. The Kier molecular flexibility index (Phi) is 8.91. The Morgan fingerprint density at radius 2 is 1.23 bits per heavy atom.